The molecule has 2 aromatic carbocycles. The van der Waals surface area contributed by atoms with Gasteiger partial charge in [-0.1, -0.05) is 37.6 Å². The number of nitrogens with one attached hydrogen (secondary N) is 2. The number of hydrogen-bond acceptors (Lipinski definition) is 4. The molecular formula is C20H23ClN4O3S. The zero-order chi connectivity index (χ0) is 21.2. The van der Waals surface area contributed by atoms with Gasteiger partial charge < -0.3 is 10.3 Å². The van der Waals surface area contributed by atoms with Crippen LogP contribution < -0.4 is 5.32 Å². The molecule has 9 heteroatoms. The number of carbonyl (C=O) groups excluding carboxylic acids is 1. The highest BCUT2D eigenvalue weighted by Crippen LogP contribution is 2.26. The number of aromatic amines is 1. The molecule has 3 aromatic rings. The lowest BCUT2D eigenvalue weighted by molar-refractivity contribution is 0.0938. The number of hydrogen-bond donors (Lipinski definition) is 2. The van der Waals surface area contributed by atoms with Crippen LogP contribution in [0.3, 0.4) is 0 Å². The van der Waals surface area contributed by atoms with Crippen LogP contribution in [0.4, 0.5) is 0 Å². The number of sulfonamides is 1. The number of amides is 1. The second-order valence-corrected chi connectivity index (χ2v) is 8.88. The van der Waals surface area contributed by atoms with E-state index < -0.39 is 22.0 Å². The van der Waals surface area contributed by atoms with E-state index in [9.17, 15) is 13.2 Å². The topological polar surface area (TPSA) is 95.2 Å². The molecule has 1 aromatic heterocycles. The first-order chi connectivity index (χ1) is 13.8. The fourth-order valence-electron chi connectivity index (χ4n) is 3.07. The number of rotatable bonds is 7. The molecule has 7 nitrogen and oxygen atoms in total. The van der Waals surface area contributed by atoms with Crippen molar-refractivity contribution in [2.45, 2.75) is 31.7 Å². The lowest BCUT2D eigenvalue weighted by Crippen LogP contribution is -2.31. The summed E-state index contributed by atoms with van der Waals surface area (Å²) in [4.78, 5) is 20.3. The van der Waals surface area contributed by atoms with Crippen molar-refractivity contribution in [3.63, 3.8) is 0 Å². The number of aromatic nitrogens is 2. The van der Waals surface area contributed by atoms with Gasteiger partial charge in [0, 0.05) is 18.7 Å². The van der Waals surface area contributed by atoms with E-state index in [0.29, 0.717) is 18.9 Å². The molecule has 1 atom stereocenters. The quantitative estimate of drug-likeness (QED) is 0.592. The molecule has 1 unspecified atom stereocenters. The largest absolute Gasteiger partial charge is 0.342 e. The van der Waals surface area contributed by atoms with Crippen molar-refractivity contribution in [2.75, 3.05) is 13.1 Å². The number of nitrogens with zero attached hydrogens (tertiary/aromatic N) is 2. The number of benzene rings is 2. The lowest BCUT2D eigenvalue weighted by atomic mass is 10.2. The Labute approximate surface area is 175 Å². The molecule has 0 fully saturated rings. The maximum Gasteiger partial charge on any atom is 0.251 e. The molecule has 154 valence electrons. The molecule has 0 aliphatic rings. The Kier molecular flexibility index (Phi) is 6.26. The monoisotopic (exact) mass is 434 g/mol. The predicted molar refractivity (Wildman–Crippen MR) is 114 cm³/mol. The van der Waals surface area contributed by atoms with E-state index in [1.54, 1.807) is 20.8 Å². The van der Waals surface area contributed by atoms with Crippen LogP contribution in [0.2, 0.25) is 5.02 Å². The average Bonchev–Trinajstić information content (AvgIpc) is 3.13. The van der Waals surface area contributed by atoms with Gasteiger partial charge in [-0.15, -0.1) is 0 Å². The highest BCUT2D eigenvalue weighted by molar-refractivity contribution is 7.89. The third kappa shape index (κ3) is 4.29. The van der Waals surface area contributed by atoms with Crippen LogP contribution in [0.5, 0.6) is 0 Å². The highest BCUT2D eigenvalue weighted by atomic mass is 35.5. The highest BCUT2D eigenvalue weighted by Gasteiger charge is 2.26. The number of carbonyl (C=O) groups is 1. The number of H-pyrrole nitrogens is 1. The van der Waals surface area contributed by atoms with Crippen molar-refractivity contribution in [3.05, 3.63) is 58.9 Å². The van der Waals surface area contributed by atoms with Gasteiger partial charge in [-0.2, -0.15) is 4.31 Å². The molecule has 0 aliphatic heterocycles. The van der Waals surface area contributed by atoms with E-state index in [2.05, 4.69) is 15.3 Å². The van der Waals surface area contributed by atoms with Crippen LogP contribution in [0, 0.1) is 0 Å². The van der Waals surface area contributed by atoms with Gasteiger partial charge in [0.1, 0.15) is 10.7 Å². The standard InChI is InChI=1S/C20H23ClN4O3S/c1-4-25(5-2)29(27,28)18-12-14(10-11-15(18)21)20(26)22-13(3)19-23-16-8-6-7-9-17(16)24-19/h6-13H,4-5H2,1-3H3,(H,22,26)(H,23,24). The van der Waals surface area contributed by atoms with Gasteiger partial charge in [0.2, 0.25) is 10.0 Å². The van der Waals surface area contributed by atoms with Gasteiger partial charge >= 0.3 is 0 Å². The Hall–Kier alpha value is -2.42. The Morgan fingerprint density at radius 2 is 1.90 bits per heavy atom. The zero-order valence-corrected chi connectivity index (χ0v) is 18.0. The summed E-state index contributed by atoms with van der Waals surface area (Å²) in [6.45, 7) is 5.93. The van der Waals surface area contributed by atoms with Crippen molar-refractivity contribution in [1.82, 2.24) is 19.6 Å². The fourth-order valence-corrected chi connectivity index (χ4v) is 5.03. The Morgan fingerprint density at radius 3 is 2.55 bits per heavy atom. The van der Waals surface area contributed by atoms with E-state index in [4.69, 9.17) is 11.6 Å². The first-order valence-electron chi connectivity index (χ1n) is 9.33. The molecule has 2 N–H and O–H groups in total. The summed E-state index contributed by atoms with van der Waals surface area (Å²) >= 11 is 6.14. The fraction of sp³-hybridized carbons (Fsp3) is 0.300. The van der Waals surface area contributed by atoms with E-state index >= 15 is 0 Å². The molecule has 29 heavy (non-hydrogen) atoms. The van der Waals surface area contributed by atoms with Crippen molar-refractivity contribution < 1.29 is 13.2 Å². The zero-order valence-electron chi connectivity index (χ0n) is 16.4. The first kappa shape index (κ1) is 21.3. The maximum atomic E-state index is 12.8. The molecule has 0 spiro atoms. The van der Waals surface area contributed by atoms with Gasteiger partial charge in [-0.25, -0.2) is 13.4 Å². The summed E-state index contributed by atoms with van der Waals surface area (Å²) in [6, 6.07) is 11.4. The number of para-hydroxylation sites is 2. The van der Waals surface area contributed by atoms with Gasteiger partial charge in [-0.05, 0) is 37.3 Å². The Bertz CT molecular complexity index is 1110. The summed E-state index contributed by atoms with van der Waals surface area (Å²) in [5, 5.41) is 2.93. The molecule has 1 heterocycles. The van der Waals surface area contributed by atoms with Crippen LogP contribution in [-0.4, -0.2) is 41.7 Å². The molecule has 0 saturated heterocycles. The molecule has 1 amide bonds. The number of halogens is 1. The van der Waals surface area contributed by atoms with Crippen molar-refractivity contribution in [3.8, 4) is 0 Å². The van der Waals surface area contributed by atoms with Gasteiger partial charge in [-0.3, -0.25) is 4.79 Å². The van der Waals surface area contributed by atoms with E-state index in [1.165, 1.54) is 22.5 Å². The summed E-state index contributed by atoms with van der Waals surface area (Å²) in [7, 11) is -3.78. The first-order valence-corrected chi connectivity index (χ1v) is 11.1. The van der Waals surface area contributed by atoms with Gasteiger partial charge in [0.25, 0.3) is 5.91 Å². The number of fused-ring (bicyclic) bond motifs is 1. The Balaban J connectivity index is 1.86. The normalized spacial score (nSPS) is 13.0. The van der Waals surface area contributed by atoms with Crippen LogP contribution in [0.1, 0.15) is 43.0 Å². The second kappa shape index (κ2) is 8.52. The second-order valence-electron chi connectivity index (χ2n) is 6.57. The minimum atomic E-state index is -3.78. The third-order valence-electron chi connectivity index (χ3n) is 4.68. The summed E-state index contributed by atoms with van der Waals surface area (Å²) < 4.78 is 27.0. The SMILES string of the molecule is CCN(CC)S(=O)(=O)c1cc(C(=O)NC(C)c2nc3ccccc3[nH]2)ccc1Cl. The molecule has 0 saturated carbocycles. The minimum Gasteiger partial charge on any atom is -0.342 e. The molecule has 0 bridgehead atoms. The van der Waals surface area contributed by atoms with E-state index in [1.807, 2.05) is 24.3 Å². The Morgan fingerprint density at radius 1 is 1.21 bits per heavy atom. The molecule has 0 radical (unpaired) electrons. The average molecular weight is 435 g/mol. The lowest BCUT2D eigenvalue weighted by Gasteiger charge is -2.20. The van der Waals surface area contributed by atoms with Gasteiger partial charge in [0.15, 0.2) is 0 Å². The minimum absolute atomic E-state index is 0.0769. The van der Waals surface area contributed by atoms with E-state index in [0.717, 1.165) is 11.0 Å². The van der Waals surface area contributed by atoms with E-state index in [-0.39, 0.29) is 15.5 Å². The summed E-state index contributed by atoms with van der Waals surface area (Å²) in [5.41, 5.74) is 1.90. The van der Waals surface area contributed by atoms with Gasteiger partial charge in [0.05, 0.1) is 22.1 Å². The number of imidazole rings is 1. The third-order valence-corrected chi connectivity index (χ3v) is 7.21. The maximum absolute atomic E-state index is 12.8. The van der Waals surface area contributed by atoms with Crippen molar-refractivity contribution >= 4 is 38.6 Å². The van der Waals surface area contributed by atoms with Crippen LogP contribution in [0.15, 0.2) is 47.4 Å². The van der Waals surface area contributed by atoms with Crippen LogP contribution >= 0.6 is 11.6 Å². The van der Waals surface area contributed by atoms with Crippen LogP contribution in [-0.2, 0) is 10.0 Å². The summed E-state index contributed by atoms with van der Waals surface area (Å²) in [6.07, 6.45) is 0. The van der Waals surface area contributed by atoms with Crippen molar-refractivity contribution in [2.24, 2.45) is 0 Å². The van der Waals surface area contributed by atoms with Crippen molar-refractivity contribution in [1.29, 1.82) is 0 Å². The summed E-state index contributed by atoms with van der Waals surface area (Å²) in [5.74, 6) is 0.204. The smallest absolute Gasteiger partial charge is 0.251 e. The van der Waals surface area contributed by atoms with Crippen LogP contribution in [0.25, 0.3) is 11.0 Å². The predicted octanol–water partition coefficient (Wildman–Crippen LogP) is 3.74. The molecule has 3 rings (SSSR count). The molecular weight excluding hydrogens is 412 g/mol. The molecule has 0 aliphatic carbocycles.